The van der Waals surface area contributed by atoms with Crippen molar-refractivity contribution >= 4 is 6.16 Å². The van der Waals surface area contributed by atoms with Crippen LogP contribution in [0.4, 0.5) is 13.6 Å². The molecule has 1 unspecified atom stereocenters. The van der Waals surface area contributed by atoms with Crippen LogP contribution in [0.15, 0.2) is 0 Å². The summed E-state index contributed by atoms with van der Waals surface area (Å²) in [5.41, 5.74) is 0. The van der Waals surface area contributed by atoms with E-state index in [-0.39, 0.29) is 0 Å². The number of rotatable bonds is 3. The Morgan fingerprint density at radius 1 is 1.78 bits per heavy atom. The van der Waals surface area contributed by atoms with Crippen LogP contribution in [0.5, 0.6) is 0 Å². The van der Waals surface area contributed by atoms with E-state index >= 15 is 0 Å². The zero-order valence-corrected chi connectivity index (χ0v) is 4.51. The lowest BCUT2D eigenvalue weighted by atomic mass is 10.5. The van der Waals surface area contributed by atoms with Gasteiger partial charge in [0.2, 0.25) is 0 Å². The van der Waals surface area contributed by atoms with Crippen molar-refractivity contribution in [1.82, 2.24) is 0 Å². The number of hydrogen-bond acceptors (Lipinski definition) is 2. The van der Waals surface area contributed by atoms with Crippen LogP contribution < -0.4 is 0 Å². The highest BCUT2D eigenvalue weighted by atomic mass is 19.2. The maximum absolute atomic E-state index is 11.7. The zero-order chi connectivity index (χ0) is 7.28. The fourth-order valence-corrected chi connectivity index (χ4v) is 0.206. The Balaban J connectivity index is 3.16. The summed E-state index contributed by atoms with van der Waals surface area (Å²) in [4.78, 5) is 9.51. The molecule has 1 atom stereocenters. The lowest BCUT2D eigenvalue weighted by molar-refractivity contribution is 0.0619. The molecule has 1 N–H and O–H groups in total. The summed E-state index contributed by atoms with van der Waals surface area (Å²) in [6, 6.07) is 0. The van der Waals surface area contributed by atoms with Gasteiger partial charge >= 0.3 is 6.16 Å². The fourth-order valence-electron chi connectivity index (χ4n) is 0.206. The monoisotopic (exact) mass is 140 g/mol. The first-order valence-corrected chi connectivity index (χ1v) is 2.22. The van der Waals surface area contributed by atoms with Gasteiger partial charge < -0.3 is 9.84 Å². The molecule has 0 radical (unpaired) electrons. The number of halogens is 2. The summed E-state index contributed by atoms with van der Waals surface area (Å²) in [7, 11) is 0. The molecule has 0 amide bonds. The van der Waals surface area contributed by atoms with Gasteiger partial charge in [0, 0.05) is 0 Å². The van der Waals surface area contributed by atoms with Crippen LogP contribution in [0.25, 0.3) is 0 Å². The molecule has 5 heteroatoms. The minimum Gasteiger partial charge on any atom is -0.450 e. The van der Waals surface area contributed by atoms with E-state index in [0.717, 1.165) is 0 Å². The smallest absolute Gasteiger partial charge is 0.450 e. The van der Waals surface area contributed by atoms with Gasteiger partial charge in [-0.3, -0.25) is 0 Å². The molecule has 0 aromatic carbocycles. The maximum atomic E-state index is 11.7. The molecule has 0 aliphatic carbocycles. The van der Waals surface area contributed by atoms with Gasteiger partial charge in [0.25, 0.3) is 0 Å². The van der Waals surface area contributed by atoms with Crippen molar-refractivity contribution in [3.63, 3.8) is 0 Å². The number of ether oxygens (including phenoxy) is 1. The van der Waals surface area contributed by atoms with Crippen molar-refractivity contribution in [2.24, 2.45) is 0 Å². The molecule has 0 aliphatic heterocycles. The van der Waals surface area contributed by atoms with Gasteiger partial charge in [-0.15, -0.1) is 0 Å². The molecular formula is C4H6F2O3. The molecule has 0 bridgehead atoms. The topological polar surface area (TPSA) is 46.5 Å². The molecule has 0 aromatic heterocycles. The van der Waals surface area contributed by atoms with Gasteiger partial charge in [0.05, 0.1) is 0 Å². The van der Waals surface area contributed by atoms with E-state index in [1.165, 1.54) is 0 Å². The molecular weight excluding hydrogens is 134 g/mol. The number of alkyl halides is 2. The largest absolute Gasteiger partial charge is 0.505 e. The number of hydrogen-bond donors (Lipinski definition) is 1. The fraction of sp³-hybridized carbons (Fsp3) is 0.750. The minimum atomic E-state index is -1.83. The Morgan fingerprint density at radius 2 is 2.33 bits per heavy atom. The van der Waals surface area contributed by atoms with E-state index in [1.807, 2.05) is 0 Å². The Hall–Kier alpha value is -0.870. The van der Waals surface area contributed by atoms with Crippen LogP contribution in [0.2, 0.25) is 0 Å². The van der Waals surface area contributed by atoms with E-state index < -0.39 is 25.6 Å². The summed E-state index contributed by atoms with van der Waals surface area (Å²) < 4.78 is 26.6. The maximum Gasteiger partial charge on any atom is 0.505 e. The van der Waals surface area contributed by atoms with Crippen molar-refractivity contribution in [2.45, 2.75) is 6.17 Å². The average molecular weight is 140 g/mol. The Labute approximate surface area is 50.2 Å². The second kappa shape index (κ2) is 4.05. The van der Waals surface area contributed by atoms with Gasteiger partial charge in [0.15, 0.2) is 6.17 Å². The molecule has 9 heavy (non-hydrogen) atoms. The van der Waals surface area contributed by atoms with Crippen LogP contribution in [0, 0.1) is 0 Å². The van der Waals surface area contributed by atoms with E-state index in [2.05, 4.69) is 4.74 Å². The molecule has 0 heterocycles. The minimum absolute atomic E-state index is 0.730. The van der Waals surface area contributed by atoms with Crippen molar-refractivity contribution < 1.29 is 23.4 Å². The van der Waals surface area contributed by atoms with Gasteiger partial charge in [-0.05, 0) is 0 Å². The quantitative estimate of drug-likeness (QED) is 0.594. The third-order valence-electron chi connectivity index (χ3n) is 0.555. The van der Waals surface area contributed by atoms with Gasteiger partial charge in [-0.1, -0.05) is 0 Å². The highest BCUT2D eigenvalue weighted by Gasteiger charge is 2.07. The third-order valence-corrected chi connectivity index (χ3v) is 0.555. The van der Waals surface area contributed by atoms with Crippen LogP contribution >= 0.6 is 0 Å². The highest BCUT2D eigenvalue weighted by molar-refractivity contribution is 5.56. The standard InChI is InChI=1S/C4H6F2O3/c5-1-3(6)2-9-4(7)8/h3H,1-2H2,(H,7,8). The van der Waals surface area contributed by atoms with Gasteiger partial charge in [-0.25, -0.2) is 13.6 Å². The second-order valence-corrected chi connectivity index (χ2v) is 1.33. The first-order chi connectivity index (χ1) is 4.16. The summed E-state index contributed by atoms with van der Waals surface area (Å²) in [5.74, 6) is 0. The van der Waals surface area contributed by atoms with E-state index in [4.69, 9.17) is 5.11 Å². The molecule has 3 nitrogen and oxygen atoms in total. The number of carbonyl (C=O) groups is 1. The van der Waals surface area contributed by atoms with Crippen molar-refractivity contribution in [1.29, 1.82) is 0 Å². The normalized spacial score (nSPS) is 12.7. The highest BCUT2D eigenvalue weighted by Crippen LogP contribution is 1.92. The van der Waals surface area contributed by atoms with Crippen LogP contribution in [-0.4, -0.2) is 30.7 Å². The average Bonchev–Trinajstić information content (AvgIpc) is 1.83. The number of carboxylic acid groups (broad SMARTS) is 1. The molecule has 0 fully saturated rings. The molecule has 0 aliphatic rings. The van der Waals surface area contributed by atoms with Crippen LogP contribution in [0.3, 0.4) is 0 Å². The van der Waals surface area contributed by atoms with Crippen molar-refractivity contribution in [3.05, 3.63) is 0 Å². The molecule has 54 valence electrons. The molecule has 0 rings (SSSR count). The zero-order valence-electron chi connectivity index (χ0n) is 4.51. The predicted molar refractivity (Wildman–Crippen MR) is 24.8 cm³/mol. The van der Waals surface area contributed by atoms with E-state index in [9.17, 15) is 13.6 Å². The van der Waals surface area contributed by atoms with Crippen molar-refractivity contribution in [2.75, 3.05) is 13.3 Å². The first kappa shape index (κ1) is 8.13. The lowest BCUT2D eigenvalue weighted by Crippen LogP contribution is -2.14. The van der Waals surface area contributed by atoms with Crippen LogP contribution in [0.1, 0.15) is 0 Å². The van der Waals surface area contributed by atoms with E-state index in [1.54, 1.807) is 0 Å². The summed E-state index contributed by atoms with van der Waals surface area (Å²) in [5, 5.41) is 7.75. The van der Waals surface area contributed by atoms with Crippen LogP contribution in [-0.2, 0) is 4.74 Å². The summed E-state index contributed by atoms with van der Waals surface area (Å²) in [6.07, 6.45) is -3.42. The van der Waals surface area contributed by atoms with E-state index in [0.29, 0.717) is 0 Å². The SMILES string of the molecule is O=C(O)OCC(F)CF. The molecule has 0 saturated carbocycles. The second-order valence-electron chi connectivity index (χ2n) is 1.33. The third kappa shape index (κ3) is 4.99. The molecule has 0 aromatic rings. The Kier molecular flexibility index (Phi) is 3.66. The molecule has 0 spiro atoms. The summed E-state index contributed by atoms with van der Waals surface area (Å²) in [6.45, 7) is -1.95. The Bertz CT molecular complexity index is 95.8. The molecule has 0 saturated heterocycles. The summed E-state index contributed by atoms with van der Waals surface area (Å²) >= 11 is 0. The van der Waals surface area contributed by atoms with Crippen molar-refractivity contribution in [3.8, 4) is 0 Å². The lowest BCUT2D eigenvalue weighted by Gasteiger charge is -2.00. The predicted octanol–water partition coefficient (Wildman–Crippen LogP) is 0.989. The Morgan fingerprint density at radius 3 is 2.67 bits per heavy atom. The first-order valence-electron chi connectivity index (χ1n) is 2.22. The van der Waals surface area contributed by atoms with Gasteiger partial charge in [-0.2, -0.15) is 0 Å². The van der Waals surface area contributed by atoms with Gasteiger partial charge in [0.1, 0.15) is 13.3 Å².